The lowest BCUT2D eigenvalue weighted by atomic mass is 9.55. The third-order valence-electron chi connectivity index (χ3n) is 5.75. The highest BCUT2D eigenvalue weighted by Gasteiger charge is 2.54. The van der Waals surface area contributed by atoms with Gasteiger partial charge in [0.25, 0.3) is 22.6 Å². The highest BCUT2D eigenvalue weighted by atomic mass is 15.5. The Bertz CT molecular complexity index is 669. The molecule has 0 aromatic heterocycles. The van der Waals surface area contributed by atoms with Crippen molar-refractivity contribution < 1.29 is 0 Å². The van der Waals surface area contributed by atoms with Gasteiger partial charge in [-0.15, -0.1) is 0 Å². The topological polar surface area (TPSA) is 16.2 Å². The molecule has 5 nitrogen and oxygen atoms in total. The molecule has 0 amide bonds. The van der Waals surface area contributed by atoms with Crippen LogP contribution in [-0.4, -0.2) is 85.8 Å². The van der Waals surface area contributed by atoms with Gasteiger partial charge in [0.1, 0.15) is 0 Å². The van der Waals surface area contributed by atoms with Gasteiger partial charge in [-0.3, -0.25) is 0 Å². The molecule has 2 fully saturated rings. The second-order valence-corrected chi connectivity index (χ2v) is 16.8. The van der Waals surface area contributed by atoms with Crippen molar-refractivity contribution in [2.75, 3.05) is 26.2 Å². The quantitative estimate of drug-likeness (QED) is 0.557. The normalized spacial score (nSPS) is 23.4. The summed E-state index contributed by atoms with van der Waals surface area (Å²) in [6, 6.07) is 0. The van der Waals surface area contributed by atoms with Gasteiger partial charge < -0.3 is 23.7 Å². The van der Waals surface area contributed by atoms with Crippen LogP contribution in [0.5, 0.6) is 0 Å². The van der Waals surface area contributed by atoms with Gasteiger partial charge in [-0.2, -0.15) is 0 Å². The Hall–Kier alpha value is 0.0597. The van der Waals surface area contributed by atoms with Crippen molar-refractivity contribution >= 4 is 29.8 Å². The van der Waals surface area contributed by atoms with E-state index in [4.69, 9.17) is 0 Å². The molecule has 2 rings (SSSR count). The predicted octanol–water partition coefficient (Wildman–Crippen LogP) is 4.67. The van der Waals surface area contributed by atoms with Crippen LogP contribution < -0.4 is 0 Å². The van der Waals surface area contributed by atoms with Crippen LogP contribution in [0.25, 0.3) is 0 Å². The van der Waals surface area contributed by atoms with E-state index in [9.17, 15) is 0 Å². The first-order chi connectivity index (χ1) is 15.0. The monoisotopic (exact) mass is 468 g/mol. The van der Waals surface area contributed by atoms with Crippen LogP contribution in [0.2, 0.25) is 0 Å². The van der Waals surface area contributed by atoms with Gasteiger partial charge in [-0.1, -0.05) is 104 Å². The number of hydrogen-bond donors (Lipinski definition) is 0. The van der Waals surface area contributed by atoms with E-state index in [0.29, 0.717) is 6.17 Å². The van der Waals surface area contributed by atoms with E-state index in [-0.39, 0.29) is 34.2 Å². The van der Waals surface area contributed by atoms with E-state index >= 15 is 0 Å². The SMILES string of the molecule is CC(C)(C)CN1[B]N2[B]N(CC(C)(C)C)C(C(C)(C)C)N(CC(C)(C)C)B2N(CC(C)(C)C)[B]1. The fourth-order valence-corrected chi connectivity index (χ4v) is 5.37. The van der Waals surface area contributed by atoms with Crippen LogP contribution in [0.15, 0.2) is 0 Å². The Kier molecular flexibility index (Phi) is 8.98. The van der Waals surface area contributed by atoms with Gasteiger partial charge in [0.05, 0.1) is 6.17 Å². The first-order valence-electron chi connectivity index (χ1n) is 13.3. The van der Waals surface area contributed by atoms with E-state index in [0.717, 1.165) is 26.2 Å². The molecule has 34 heavy (non-hydrogen) atoms. The van der Waals surface area contributed by atoms with E-state index in [1.54, 1.807) is 0 Å². The summed E-state index contributed by atoms with van der Waals surface area (Å²) in [5.41, 5.74) is 0.913. The molecule has 2 heterocycles. The Morgan fingerprint density at radius 3 is 1.44 bits per heavy atom. The lowest BCUT2D eigenvalue weighted by molar-refractivity contribution is 0.0133. The summed E-state index contributed by atoms with van der Waals surface area (Å²) in [6.45, 7) is 39.5. The van der Waals surface area contributed by atoms with Crippen molar-refractivity contribution in [3.63, 3.8) is 0 Å². The number of nitrogens with zero attached hydrogens (tertiary/aromatic N) is 5. The van der Waals surface area contributed by atoms with E-state index < -0.39 is 0 Å². The zero-order chi connectivity index (χ0) is 26.5. The number of hydrogen-bond acceptors (Lipinski definition) is 5. The molecular weight excluding hydrogens is 414 g/mol. The van der Waals surface area contributed by atoms with Crippen molar-refractivity contribution in [3.05, 3.63) is 0 Å². The van der Waals surface area contributed by atoms with E-state index in [1.165, 1.54) is 0 Å². The van der Waals surface area contributed by atoms with Crippen LogP contribution >= 0.6 is 0 Å². The van der Waals surface area contributed by atoms with Crippen molar-refractivity contribution in [2.24, 2.45) is 27.1 Å². The Labute approximate surface area is 216 Å². The summed E-state index contributed by atoms with van der Waals surface area (Å²) >= 11 is 0. The summed E-state index contributed by atoms with van der Waals surface area (Å²) in [5, 5.41) is 0. The second kappa shape index (κ2) is 10.1. The fraction of sp³-hybridized carbons (Fsp3) is 1.00. The maximum absolute atomic E-state index is 2.78. The smallest absolute Gasteiger partial charge is 0.372 e. The minimum atomic E-state index is 0.106. The van der Waals surface area contributed by atoms with Crippen LogP contribution in [0.4, 0.5) is 0 Å². The Balaban J connectivity index is 2.57. The van der Waals surface area contributed by atoms with Crippen LogP contribution in [0.3, 0.4) is 0 Å². The zero-order valence-corrected chi connectivity index (χ0v) is 25.5. The van der Waals surface area contributed by atoms with Crippen molar-refractivity contribution in [1.29, 1.82) is 0 Å². The molecule has 9 heteroatoms. The molecule has 3 radical (unpaired) electrons. The van der Waals surface area contributed by atoms with Gasteiger partial charge in [0, 0.05) is 0 Å². The maximum atomic E-state index is 2.78. The zero-order valence-electron chi connectivity index (χ0n) is 25.5. The first kappa shape index (κ1) is 30.3. The average Bonchev–Trinajstić information content (AvgIpc) is 2.45. The highest BCUT2D eigenvalue weighted by Crippen LogP contribution is 2.37. The molecule has 2 saturated heterocycles. The van der Waals surface area contributed by atoms with E-state index in [1.807, 2.05) is 0 Å². The molecule has 0 N–H and O–H groups in total. The molecule has 0 aromatic rings. The largest absolute Gasteiger partial charge is 0.378 e. The number of fused-ring (bicyclic) bond motifs is 1. The summed E-state index contributed by atoms with van der Waals surface area (Å²) in [7, 11) is 7.33. The molecule has 1 unspecified atom stereocenters. The average molecular weight is 468 g/mol. The van der Waals surface area contributed by atoms with E-state index in [2.05, 4.69) is 150 Å². The molecule has 1 atom stereocenters. The van der Waals surface area contributed by atoms with Crippen molar-refractivity contribution in [3.8, 4) is 0 Å². The summed E-state index contributed by atoms with van der Waals surface area (Å²) in [5.74, 6) is 0. The molecule has 2 aliphatic heterocycles. The molecule has 2 aliphatic rings. The van der Waals surface area contributed by atoms with Crippen LogP contribution in [0, 0.1) is 27.1 Å². The van der Waals surface area contributed by atoms with Crippen molar-refractivity contribution in [2.45, 2.75) is 110 Å². The fourth-order valence-electron chi connectivity index (χ4n) is 5.37. The maximum Gasteiger partial charge on any atom is 0.372 e. The van der Waals surface area contributed by atoms with Gasteiger partial charge in [-0.05, 0) is 53.3 Å². The molecule has 0 aromatic carbocycles. The molecular formula is C25H54B4N5. The predicted molar refractivity (Wildman–Crippen MR) is 153 cm³/mol. The number of rotatable bonds is 4. The highest BCUT2D eigenvalue weighted by molar-refractivity contribution is 6.80. The van der Waals surface area contributed by atoms with Gasteiger partial charge in [0.2, 0.25) is 0 Å². The third-order valence-corrected chi connectivity index (χ3v) is 5.75. The molecule has 0 aliphatic carbocycles. The minimum Gasteiger partial charge on any atom is -0.378 e. The van der Waals surface area contributed by atoms with Gasteiger partial charge >= 0.3 is 7.12 Å². The molecule has 0 bridgehead atoms. The minimum absolute atomic E-state index is 0.106. The van der Waals surface area contributed by atoms with Crippen LogP contribution in [-0.2, 0) is 0 Å². The summed E-state index contributed by atoms with van der Waals surface area (Å²) < 4.78 is 7.49. The lowest BCUT2D eigenvalue weighted by Crippen LogP contribution is -2.84. The standard InChI is InChI=1S/C25H54B4N5/c1-21(2,3)16-30-20(25(13,14)15)31(17-22(4,5)6)29-33(19-24(10,11)12)27-32(18-23(7,8)9)28-34(29)26-30/h20H,16-19H2,1-15H3. The Morgan fingerprint density at radius 2 is 1.03 bits per heavy atom. The molecule has 191 valence electrons. The lowest BCUT2D eigenvalue weighted by Gasteiger charge is -2.62. The Morgan fingerprint density at radius 1 is 0.559 bits per heavy atom. The summed E-state index contributed by atoms with van der Waals surface area (Å²) in [6.07, 6.45) is 0.311. The van der Waals surface area contributed by atoms with Crippen LogP contribution in [0.1, 0.15) is 104 Å². The van der Waals surface area contributed by atoms with Gasteiger partial charge in [-0.25, -0.2) is 0 Å². The first-order valence-corrected chi connectivity index (χ1v) is 13.3. The summed E-state index contributed by atoms with van der Waals surface area (Å²) in [4.78, 5) is 5.40. The second-order valence-electron chi connectivity index (χ2n) is 16.8. The molecule has 0 spiro atoms. The molecule has 0 saturated carbocycles. The van der Waals surface area contributed by atoms with Gasteiger partial charge in [0.15, 0.2) is 0 Å². The van der Waals surface area contributed by atoms with Crippen molar-refractivity contribution in [1.82, 2.24) is 23.7 Å². The third kappa shape index (κ3) is 9.17.